The lowest BCUT2D eigenvalue weighted by molar-refractivity contribution is 0.131. The van der Waals surface area contributed by atoms with Gasteiger partial charge in [-0.05, 0) is 24.1 Å². The van der Waals surface area contributed by atoms with E-state index in [0.717, 1.165) is 18.4 Å². The van der Waals surface area contributed by atoms with Crippen LogP contribution in [0.25, 0.3) is 0 Å². The van der Waals surface area contributed by atoms with Crippen LogP contribution in [0.5, 0.6) is 0 Å². The largest absolute Gasteiger partial charge is 0.391 e. The van der Waals surface area contributed by atoms with Crippen molar-refractivity contribution in [2.75, 3.05) is 0 Å². The molecule has 0 amide bonds. The summed E-state index contributed by atoms with van der Waals surface area (Å²) >= 11 is 0. The summed E-state index contributed by atoms with van der Waals surface area (Å²) in [7, 11) is 0. The Balaban J connectivity index is 2.28. The summed E-state index contributed by atoms with van der Waals surface area (Å²) in [6.07, 6.45) is 4.54. The van der Waals surface area contributed by atoms with Gasteiger partial charge in [0.2, 0.25) is 0 Å². The SMILES string of the molecule is CCC/[C]=N/OCc1ccc(F)cc1. The van der Waals surface area contributed by atoms with Crippen molar-refractivity contribution in [3.8, 4) is 0 Å². The molecule has 0 saturated heterocycles. The molecule has 14 heavy (non-hydrogen) atoms. The van der Waals surface area contributed by atoms with Crippen LogP contribution in [0, 0.1) is 5.82 Å². The first kappa shape index (κ1) is 10.7. The van der Waals surface area contributed by atoms with E-state index in [1.165, 1.54) is 12.1 Å². The second-order valence-corrected chi connectivity index (χ2v) is 2.90. The molecule has 0 bridgehead atoms. The minimum atomic E-state index is -0.241. The summed E-state index contributed by atoms with van der Waals surface area (Å²) in [5, 5.41) is 3.64. The molecule has 1 radical (unpaired) electrons. The van der Waals surface area contributed by atoms with Crippen molar-refractivity contribution in [1.29, 1.82) is 0 Å². The highest BCUT2D eigenvalue weighted by molar-refractivity contribution is 5.55. The maximum absolute atomic E-state index is 12.5. The molecule has 0 aromatic heterocycles. The van der Waals surface area contributed by atoms with Crippen LogP contribution in [0.1, 0.15) is 25.3 Å². The fourth-order valence-electron chi connectivity index (χ4n) is 0.891. The van der Waals surface area contributed by atoms with Crippen molar-refractivity contribution in [2.24, 2.45) is 5.16 Å². The molecule has 0 N–H and O–H groups in total. The average Bonchev–Trinajstić information content (AvgIpc) is 2.21. The van der Waals surface area contributed by atoms with Crippen molar-refractivity contribution in [3.05, 3.63) is 35.6 Å². The van der Waals surface area contributed by atoms with E-state index in [0.29, 0.717) is 6.61 Å². The van der Waals surface area contributed by atoms with E-state index < -0.39 is 0 Å². The number of hydrogen-bond donors (Lipinski definition) is 0. The quantitative estimate of drug-likeness (QED) is 0.521. The first-order valence-electron chi connectivity index (χ1n) is 4.62. The summed E-state index contributed by atoms with van der Waals surface area (Å²) in [6, 6.07) is 6.14. The maximum Gasteiger partial charge on any atom is 0.142 e. The number of halogens is 1. The molecule has 1 rings (SSSR count). The van der Waals surface area contributed by atoms with Crippen molar-refractivity contribution >= 4 is 6.21 Å². The standard InChI is InChI=1S/C11H13FNO/c1-2-3-8-13-14-9-10-4-6-11(12)7-5-10/h4-7H,2-3,9H2,1H3. The molecule has 0 atom stereocenters. The highest BCUT2D eigenvalue weighted by atomic mass is 19.1. The van der Waals surface area contributed by atoms with Gasteiger partial charge in [-0.1, -0.05) is 30.6 Å². The summed E-state index contributed by atoms with van der Waals surface area (Å²) in [5.74, 6) is -0.241. The first-order chi connectivity index (χ1) is 6.83. The van der Waals surface area contributed by atoms with Gasteiger partial charge in [0.05, 0.1) is 0 Å². The van der Waals surface area contributed by atoms with E-state index in [4.69, 9.17) is 4.84 Å². The molecule has 0 unspecified atom stereocenters. The highest BCUT2D eigenvalue weighted by Crippen LogP contribution is 2.03. The number of benzene rings is 1. The second kappa shape index (κ2) is 6.13. The third-order valence-electron chi connectivity index (χ3n) is 1.64. The Labute approximate surface area is 83.4 Å². The van der Waals surface area contributed by atoms with Gasteiger partial charge in [-0.15, -0.1) is 0 Å². The highest BCUT2D eigenvalue weighted by Gasteiger charge is 1.92. The zero-order valence-electron chi connectivity index (χ0n) is 8.16. The molecule has 0 spiro atoms. The summed E-state index contributed by atoms with van der Waals surface area (Å²) in [6.45, 7) is 2.40. The minimum absolute atomic E-state index is 0.241. The van der Waals surface area contributed by atoms with Crippen molar-refractivity contribution < 1.29 is 9.23 Å². The van der Waals surface area contributed by atoms with E-state index >= 15 is 0 Å². The Hall–Kier alpha value is -1.38. The smallest absolute Gasteiger partial charge is 0.142 e. The Morgan fingerprint density at radius 3 is 2.71 bits per heavy atom. The van der Waals surface area contributed by atoms with Gasteiger partial charge in [-0.3, -0.25) is 0 Å². The van der Waals surface area contributed by atoms with Crippen molar-refractivity contribution in [2.45, 2.75) is 26.4 Å². The van der Waals surface area contributed by atoms with Crippen LogP contribution in [-0.4, -0.2) is 6.21 Å². The molecule has 1 aromatic rings. The lowest BCUT2D eigenvalue weighted by atomic mass is 10.2. The van der Waals surface area contributed by atoms with E-state index in [9.17, 15) is 4.39 Å². The number of unbranched alkanes of at least 4 members (excludes halogenated alkanes) is 1. The zero-order chi connectivity index (χ0) is 10.2. The van der Waals surface area contributed by atoms with Crippen LogP contribution in [-0.2, 0) is 11.4 Å². The molecule has 2 nitrogen and oxygen atoms in total. The third kappa shape index (κ3) is 4.03. The molecule has 0 aliphatic rings. The number of hydrogen-bond acceptors (Lipinski definition) is 2. The Bertz CT molecular complexity index is 282. The van der Waals surface area contributed by atoms with Crippen LogP contribution < -0.4 is 0 Å². The molecule has 0 fully saturated rings. The summed E-state index contributed by atoms with van der Waals surface area (Å²) in [5.41, 5.74) is 0.897. The third-order valence-corrected chi connectivity index (χ3v) is 1.64. The molecular formula is C11H13FNO. The number of nitrogens with zero attached hydrogens (tertiary/aromatic N) is 1. The van der Waals surface area contributed by atoms with Crippen molar-refractivity contribution in [3.63, 3.8) is 0 Å². The Kier molecular flexibility index (Phi) is 4.69. The van der Waals surface area contributed by atoms with Crippen LogP contribution >= 0.6 is 0 Å². The molecule has 0 aliphatic carbocycles. The van der Waals surface area contributed by atoms with E-state index in [-0.39, 0.29) is 5.82 Å². The van der Waals surface area contributed by atoms with Crippen molar-refractivity contribution in [1.82, 2.24) is 0 Å². The average molecular weight is 194 g/mol. The normalized spacial score (nSPS) is 10.7. The Morgan fingerprint density at radius 2 is 2.07 bits per heavy atom. The second-order valence-electron chi connectivity index (χ2n) is 2.90. The first-order valence-corrected chi connectivity index (χ1v) is 4.62. The van der Waals surface area contributed by atoms with Crippen LogP contribution in [0.3, 0.4) is 0 Å². The molecule has 0 aliphatic heterocycles. The van der Waals surface area contributed by atoms with Gasteiger partial charge in [-0.25, -0.2) is 4.39 Å². The zero-order valence-corrected chi connectivity index (χ0v) is 8.16. The van der Waals surface area contributed by atoms with Crippen LogP contribution in [0.4, 0.5) is 4.39 Å². The fraction of sp³-hybridized carbons (Fsp3) is 0.364. The van der Waals surface area contributed by atoms with Gasteiger partial charge in [0.15, 0.2) is 0 Å². The van der Waals surface area contributed by atoms with E-state index in [2.05, 4.69) is 11.4 Å². The monoisotopic (exact) mass is 194 g/mol. The molecular weight excluding hydrogens is 181 g/mol. The Morgan fingerprint density at radius 1 is 1.36 bits per heavy atom. The molecule has 1 aromatic carbocycles. The predicted octanol–water partition coefficient (Wildman–Crippen LogP) is 3.01. The van der Waals surface area contributed by atoms with Gasteiger partial charge < -0.3 is 4.84 Å². The topological polar surface area (TPSA) is 21.6 Å². The number of rotatable bonds is 5. The van der Waals surface area contributed by atoms with Gasteiger partial charge in [-0.2, -0.15) is 0 Å². The molecule has 0 saturated carbocycles. The fourth-order valence-corrected chi connectivity index (χ4v) is 0.891. The molecule has 3 heteroatoms. The van der Waals surface area contributed by atoms with Gasteiger partial charge in [0.1, 0.15) is 18.6 Å². The molecule has 75 valence electrons. The summed E-state index contributed by atoms with van der Waals surface area (Å²) < 4.78 is 12.5. The molecule has 0 heterocycles. The van der Waals surface area contributed by atoms with Gasteiger partial charge in [0, 0.05) is 0 Å². The van der Waals surface area contributed by atoms with E-state index in [1.807, 2.05) is 6.92 Å². The lowest BCUT2D eigenvalue weighted by Crippen LogP contribution is -1.87. The van der Waals surface area contributed by atoms with Gasteiger partial charge >= 0.3 is 0 Å². The predicted molar refractivity (Wildman–Crippen MR) is 53.5 cm³/mol. The van der Waals surface area contributed by atoms with E-state index in [1.54, 1.807) is 12.1 Å². The van der Waals surface area contributed by atoms with Gasteiger partial charge in [0.25, 0.3) is 0 Å². The lowest BCUT2D eigenvalue weighted by Gasteiger charge is -1.98. The van der Waals surface area contributed by atoms with Crippen LogP contribution in [0.2, 0.25) is 0 Å². The minimum Gasteiger partial charge on any atom is -0.391 e. The summed E-state index contributed by atoms with van der Waals surface area (Å²) in [4.78, 5) is 4.95. The van der Waals surface area contributed by atoms with Crippen LogP contribution in [0.15, 0.2) is 29.4 Å². The maximum atomic E-state index is 12.5.